The fourth-order valence-corrected chi connectivity index (χ4v) is 2.99. The molecule has 1 amide bonds. The summed E-state index contributed by atoms with van der Waals surface area (Å²) < 4.78 is 5.58. The molecule has 0 spiro atoms. The van der Waals surface area contributed by atoms with Crippen LogP contribution in [-0.4, -0.2) is 36.3 Å². The Morgan fingerprint density at radius 2 is 1.77 bits per heavy atom. The van der Waals surface area contributed by atoms with Gasteiger partial charge in [-0.2, -0.15) is 0 Å². The van der Waals surface area contributed by atoms with Gasteiger partial charge in [-0.15, -0.1) is 0 Å². The van der Waals surface area contributed by atoms with Gasteiger partial charge in [-0.05, 0) is 41.8 Å². The molecule has 2 aromatic rings. The van der Waals surface area contributed by atoms with Crippen molar-refractivity contribution in [1.82, 2.24) is 4.90 Å². The molecule has 0 saturated carbocycles. The topological polar surface area (TPSA) is 46.6 Å². The van der Waals surface area contributed by atoms with Crippen LogP contribution in [0.3, 0.4) is 0 Å². The van der Waals surface area contributed by atoms with Crippen LogP contribution >= 0.6 is 0 Å². The molecule has 26 heavy (non-hydrogen) atoms. The Bertz CT molecular complexity index is 794. The lowest BCUT2D eigenvalue weighted by Crippen LogP contribution is -2.37. The van der Waals surface area contributed by atoms with E-state index in [1.54, 1.807) is 29.2 Å². The van der Waals surface area contributed by atoms with Gasteiger partial charge in [-0.25, -0.2) is 0 Å². The van der Waals surface area contributed by atoms with Gasteiger partial charge in [0.1, 0.15) is 5.75 Å². The van der Waals surface area contributed by atoms with E-state index in [0.29, 0.717) is 30.8 Å². The molecule has 0 atom stereocenters. The van der Waals surface area contributed by atoms with E-state index in [4.69, 9.17) is 4.74 Å². The second-order valence-electron chi connectivity index (χ2n) is 6.27. The van der Waals surface area contributed by atoms with Crippen molar-refractivity contribution in [3.05, 3.63) is 71.8 Å². The molecule has 2 aromatic carbocycles. The highest BCUT2D eigenvalue weighted by atomic mass is 16.5. The highest BCUT2D eigenvalue weighted by Gasteiger charge is 2.18. The zero-order valence-electron chi connectivity index (χ0n) is 15.0. The maximum absolute atomic E-state index is 12.4. The van der Waals surface area contributed by atoms with Gasteiger partial charge in [-0.3, -0.25) is 9.59 Å². The van der Waals surface area contributed by atoms with E-state index in [0.717, 1.165) is 6.42 Å². The smallest absolute Gasteiger partial charge is 0.260 e. The van der Waals surface area contributed by atoms with Crippen molar-refractivity contribution in [1.29, 1.82) is 0 Å². The molecular formula is C22H23NO3. The van der Waals surface area contributed by atoms with Crippen molar-refractivity contribution in [2.24, 2.45) is 0 Å². The Hall–Kier alpha value is -2.88. The van der Waals surface area contributed by atoms with E-state index in [-0.39, 0.29) is 18.3 Å². The standard InChI is InChI=1S/C22H23NO3/c1-2-21(24)19-8-10-20(11-9-19)26-16-22(25)23-14-12-18(13-15-23)17-6-4-3-5-7-17/h3-12H,2,13-16H2,1H3. The van der Waals surface area contributed by atoms with E-state index in [1.165, 1.54) is 11.1 Å². The van der Waals surface area contributed by atoms with E-state index < -0.39 is 0 Å². The number of carbonyl (C=O) groups is 2. The number of ether oxygens (including phenoxy) is 1. The van der Waals surface area contributed by atoms with Crippen molar-refractivity contribution < 1.29 is 14.3 Å². The third-order valence-electron chi connectivity index (χ3n) is 4.57. The van der Waals surface area contributed by atoms with Crippen molar-refractivity contribution >= 4 is 17.3 Å². The molecule has 134 valence electrons. The summed E-state index contributed by atoms with van der Waals surface area (Å²) >= 11 is 0. The Kier molecular flexibility index (Phi) is 5.84. The third-order valence-corrected chi connectivity index (χ3v) is 4.57. The summed E-state index contributed by atoms with van der Waals surface area (Å²) in [5.41, 5.74) is 3.17. The molecule has 0 N–H and O–H groups in total. The fraction of sp³-hybridized carbons (Fsp3) is 0.273. The summed E-state index contributed by atoms with van der Waals surface area (Å²) in [5, 5.41) is 0. The van der Waals surface area contributed by atoms with E-state index in [2.05, 4.69) is 18.2 Å². The van der Waals surface area contributed by atoms with E-state index >= 15 is 0 Å². The number of hydrogen-bond donors (Lipinski definition) is 0. The first kappa shape index (κ1) is 17.9. The lowest BCUT2D eigenvalue weighted by molar-refractivity contribution is -0.132. The molecule has 0 bridgehead atoms. The summed E-state index contributed by atoms with van der Waals surface area (Å²) in [6.45, 7) is 3.15. The highest BCUT2D eigenvalue weighted by Crippen LogP contribution is 2.22. The Balaban J connectivity index is 1.51. The second-order valence-corrected chi connectivity index (χ2v) is 6.27. The number of carbonyl (C=O) groups excluding carboxylic acids is 2. The molecule has 4 nitrogen and oxygen atoms in total. The lowest BCUT2D eigenvalue weighted by atomic mass is 10.00. The van der Waals surface area contributed by atoms with Crippen LogP contribution in [0.2, 0.25) is 0 Å². The molecule has 0 fully saturated rings. The molecule has 1 heterocycles. The van der Waals surface area contributed by atoms with Crippen LogP contribution in [0.25, 0.3) is 5.57 Å². The molecule has 0 unspecified atom stereocenters. The van der Waals surface area contributed by atoms with Crippen LogP contribution < -0.4 is 4.74 Å². The quantitative estimate of drug-likeness (QED) is 0.741. The predicted octanol–water partition coefficient (Wildman–Crippen LogP) is 3.97. The Morgan fingerprint density at radius 1 is 1.04 bits per heavy atom. The largest absolute Gasteiger partial charge is 0.484 e. The first-order valence-corrected chi connectivity index (χ1v) is 8.95. The van der Waals surface area contributed by atoms with Crippen molar-refractivity contribution in [2.75, 3.05) is 19.7 Å². The van der Waals surface area contributed by atoms with E-state index in [9.17, 15) is 9.59 Å². The van der Waals surface area contributed by atoms with Gasteiger partial charge in [0.15, 0.2) is 12.4 Å². The molecule has 1 aliphatic heterocycles. The van der Waals surface area contributed by atoms with Crippen LogP contribution in [0.1, 0.15) is 35.7 Å². The van der Waals surface area contributed by atoms with Gasteiger partial charge in [-0.1, -0.05) is 43.3 Å². The average molecular weight is 349 g/mol. The number of amides is 1. The van der Waals surface area contributed by atoms with Gasteiger partial charge in [0, 0.05) is 25.1 Å². The minimum Gasteiger partial charge on any atom is -0.484 e. The van der Waals surface area contributed by atoms with Crippen LogP contribution in [0.4, 0.5) is 0 Å². The summed E-state index contributed by atoms with van der Waals surface area (Å²) in [6, 6.07) is 17.2. The van der Waals surface area contributed by atoms with Crippen LogP contribution in [0, 0.1) is 0 Å². The van der Waals surface area contributed by atoms with Crippen molar-refractivity contribution in [3.8, 4) is 5.75 Å². The zero-order chi connectivity index (χ0) is 18.4. The number of ketones is 1. The summed E-state index contributed by atoms with van der Waals surface area (Å²) in [7, 11) is 0. The highest BCUT2D eigenvalue weighted by molar-refractivity contribution is 5.95. The molecule has 0 radical (unpaired) electrons. The molecule has 0 aliphatic carbocycles. The van der Waals surface area contributed by atoms with Crippen LogP contribution in [0.15, 0.2) is 60.7 Å². The van der Waals surface area contributed by atoms with Crippen molar-refractivity contribution in [3.63, 3.8) is 0 Å². The molecule has 1 aliphatic rings. The Morgan fingerprint density at radius 3 is 2.38 bits per heavy atom. The molecular weight excluding hydrogens is 326 g/mol. The minimum atomic E-state index is -0.0259. The van der Waals surface area contributed by atoms with Gasteiger partial charge >= 0.3 is 0 Å². The summed E-state index contributed by atoms with van der Waals surface area (Å²) in [4.78, 5) is 25.8. The SMILES string of the molecule is CCC(=O)c1ccc(OCC(=O)N2CC=C(c3ccccc3)CC2)cc1. The summed E-state index contributed by atoms with van der Waals surface area (Å²) in [5.74, 6) is 0.674. The van der Waals surface area contributed by atoms with E-state index in [1.807, 2.05) is 25.1 Å². The number of rotatable bonds is 6. The number of Topliss-reactive ketones (excluding diaryl/α,β-unsaturated/α-hetero) is 1. The molecule has 0 aromatic heterocycles. The first-order valence-electron chi connectivity index (χ1n) is 8.95. The molecule has 0 saturated heterocycles. The van der Waals surface area contributed by atoms with Gasteiger partial charge < -0.3 is 9.64 Å². The molecule has 3 rings (SSSR count). The number of benzene rings is 2. The monoisotopic (exact) mass is 349 g/mol. The lowest BCUT2D eigenvalue weighted by Gasteiger charge is -2.26. The van der Waals surface area contributed by atoms with Gasteiger partial charge in [0.2, 0.25) is 0 Å². The normalized spacial score (nSPS) is 13.9. The van der Waals surface area contributed by atoms with Gasteiger partial charge in [0.05, 0.1) is 0 Å². The third kappa shape index (κ3) is 4.39. The summed E-state index contributed by atoms with van der Waals surface area (Å²) in [6.07, 6.45) is 3.44. The maximum Gasteiger partial charge on any atom is 0.260 e. The zero-order valence-corrected chi connectivity index (χ0v) is 15.0. The second kappa shape index (κ2) is 8.48. The maximum atomic E-state index is 12.4. The van der Waals surface area contributed by atoms with Gasteiger partial charge in [0.25, 0.3) is 5.91 Å². The van der Waals surface area contributed by atoms with Crippen molar-refractivity contribution in [2.45, 2.75) is 19.8 Å². The number of nitrogens with zero attached hydrogens (tertiary/aromatic N) is 1. The number of hydrogen-bond acceptors (Lipinski definition) is 3. The molecule has 4 heteroatoms. The predicted molar refractivity (Wildman–Crippen MR) is 102 cm³/mol. The minimum absolute atomic E-state index is 0.00951. The fourth-order valence-electron chi connectivity index (χ4n) is 2.99. The van der Waals surface area contributed by atoms with Crippen LogP contribution in [0.5, 0.6) is 5.75 Å². The average Bonchev–Trinajstić information content (AvgIpc) is 2.72. The Labute approximate surface area is 154 Å². The van der Waals surface area contributed by atoms with Crippen LogP contribution in [-0.2, 0) is 4.79 Å². The first-order chi connectivity index (χ1) is 12.7.